The van der Waals surface area contributed by atoms with Crippen LogP contribution in [0.4, 0.5) is 5.69 Å². The summed E-state index contributed by atoms with van der Waals surface area (Å²) in [7, 11) is 0. The first-order valence-electron chi connectivity index (χ1n) is 12.0. The number of anilines is 1. The van der Waals surface area contributed by atoms with Crippen LogP contribution in [-0.2, 0) is 24.3 Å². The van der Waals surface area contributed by atoms with Crippen LogP contribution in [0.2, 0.25) is 10.0 Å². The lowest BCUT2D eigenvalue weighted by Crippen LogP contribution is -2.31. The molecule has 0 aromatic heterocycles. The molecule has 0 unspecified atom stereocenters. The van der Waals surface area contributed by atoms with Gasteiger partial charge in [-0.2, -0.15) is 0 Å². The minimum absolute atomic E-state index is 0.138. The van der Waals surface area contributed by atoms with E-state index in [0.717, 1.165) is 16.7 Å². The van der Waals surface area contributed by atoms with Crippen LogP contribution in [0.1, 0.15) is 27.0 Å². The number of ether oxygens (including phenoxy) is 2. The second-order valence-corrected chi connectivity index (χ2v) is 9.66. The molecule has 4 aromatic carbocycles. The van der Waals surface area contributed by atoms with Gasteiger partial charge in [0.2, 0.25) is 12.7 Å². The Kier molecular flexibility index (Phi) is 7.82. The Morgan fingerprint density at radius 3 is 2.39 bits per heavy atom. The minimum Gasteiger partial charge on any atom is -0.454 e. The largest absolute Gasteiger partial charge is 0.454 e. The zero-order valence-electron chi connectivity index (χ0n) is 20.3. The molecule has 0 saturated heterocycles. The van der Waals surface area contributed by atoms with Gasteiger partial charge in [0.1, 0.15) is 0 Å². The molecule has 0 fully saturated rings. The SMILES string of the molecule is O=C(Cc1cccc(N(Cc2ccccc2)C(=O)c2ccc(Cl)cc2Cl)c1)NCc1ccc2c(c1)OCO2. The summed E-state index contributed by atoms with van der Waals surface area (Å²) in [6.07, 6.45) is 0.160. The van der Waals surface area contributed by atoms with Crippen molar-refractivity contribution in [2.45, 2.75) is 19.5 Å². The maximum atomic E-state index is 13.7. The number of nitrogens with one attached hydrogen (secondary N) is 1. The number of fused-ring (bicyclic) bond motifs is 1. The fourth-order valence-corrected chi connectivity index (χ4v) is 4.68. The first-order chi connectivity index (χ1) is 18.5. The number of carbonyl (C=O) groups excluding carboxylic acids is 2. The standard InChI is InChI=1S/C30H24Cl2N2O4/c31-23-10-11-25(26(32)16-23)30(36)34(18-20-5-2-1-3-6-20)24-8-4-7-21(13-24)15-29(35)33-17-22-9-12-27-28(14-22)38-19-37-27/h1-14,16H,15,17-19H2,(H,33,35). The van der Waals surface area contributed by atoms with Crippen molar-refractivity contribution in [3.63, 3.8) is 0 Å². The molecule has 0 saturated carbocycles. The fourth-order valence-electron chi connectivity index (χ4n) is 4.19. The van der Waals surface area contributed by atoms with Crippen LogP contribution < -0.4 is 19.7 Å². The van der Waals surface area contributed by atoms with E-state index in [9.17, 15) is 9.59 Å². The maximum Gasteiger partial charge on any atom is 0.260 e. The predicted molar refractivity (Wildman–Crippen MR) is 148 cm³/mol. The fraction of sp³-hybridized carbons (Fsp3) is 0.133. The second-order valence-electron chi connectivity index (χ2n) is 8.81. The third kappa shape index (κ3) is 6.10. The van der Waals surface area contributed by atoms with E-state index in [0.29, 0.717) is 40.9 Å². The number of carbonyl (C=O) groups is 2. The molecule has 1 N–H and O–H groups in total. The van der Waals surface area contributed by atoms with Gasteiger partial charge in [-0.1, -0.05) is 71.7 Å². The summed E-state index contributed by atoms with van der Waals surface area (Å²) in [5, 5.41) is 3.67. The number of nitrogens with zero attached hydrogens (tertiary/aromatic N) is 1. The molecule has 0 bridgehead atoms. The number of benzene rings is 4. The Bertz CT molecular complexity index is 1480. The van der Waals surface area contributed by atoms with Gasteiger partial charge < -0.3 is 19.7 Å². The smallest absolute Gasteiger partial charge is 0.260 e. The topological polar surface area (TPSA) is 67.9 Å². The molecule has 0 radical (unpaired) electrons. The third-order valence-corrected chi connectivity index (χ3v) is 6.65. The summed E-state index contributed by atoms with van der Waals surface area (Å²) in [5.74, 6) is 0.973. The molecule has 0 atom stereocenters. The quantitative estimate of drug-likeness (QED) is 0.276. The molecule has 1 heterocycles. The van der Waals surface area contributed by atoms with E-state index >= 15 is 0 Å². The highest BCUT2D eigenvalue weighted by Gasteiger charge is 2.21. The third-order valence-electron chi connectivity index (χ3n) is 6.10. The predicted octanol–water partition coefficient (Wildman–Crippen LogP) is 6.43. The molecule has 2 amide bonds. The maximum absolute atomic E-state index is 13.7. The van der Waals surface area contributed by atoms with Crippen molar-refractivity contribution in [1.82, 2.24) is 5.32 Å². The lowest BCUT2D eigenvalue weighted by molar-refractivity contribution is -0.120. The Morgan fingerprint density at radius 2 is 1.58 bits per heavy atom. The highest BCUT2D eigenvalue weighted by atomic mass is 35.5. The molecular weight excluding hydrogens is 523 g/mol. The van der Waals surface area contributed by atoms with Crippen molar-refractivity contribution >= 4 is 40.7 Å². The van der Waals surface area contributed by atoms with Crippen LogP contribution in [0, 0.1) is 0 Å². The van der Waals surface area contributed by atoms with Crippen LogP contribution in [0.5, 0.6) is 11.5 Å². The summed E-state index contributed by atoms with van der Waals surface area (Å²) >= 11 is 12.4. The van der Waals surface area contributed by atoms with Gasteiger partial charge in [-0.3, -0.25) is 9.59 Å². The van der Waals surface area contributed by atoms with Crippen LogP contribution in [0.3, 0.4) is 0 Å². The van der Waals surface area contributed by atoms with E-state index in [1.807, 2.05) is 72.8 Å². The number of rotatable bonds is 8. The molecule has 1 aliphatic rings. The highest BCUT2D eigenvalue weighted by molar-refractivity contribution is 6.37. The lowest BCUT2D eigenvalue weighted by atomic mass is 10.1. The summed E-state index contributed by atoms with van der Waals surface area (Å²) < 4.78 is 10.7. The zero-order chi connectivity index (χ0) is 26.5. The van der Waals surface area contributed by atoms with E-state index in [1.54, 1.807) is 23.1 Å². The molecule has 4 aromatic rings. The van der Waals surface area contributed by atoms with E-state index in [2.05, 4.69) is 5.32 Å². The van der Waals surface area contributed by atoms with Crippen molar-refractivity contribution in [2.75, 3.05) is 11.7 Å². The zero-order valence-corrected chi connectivity index (χ0v) is 21.8. The van der Waals surface area contributed by atoms with Gasteiger partial charge >= 0.3 is 0 Å². The molecule has 6 nitrogen and oxygen atoms in total. The molecule has 0 aliphatic carbocycles. The molecule has 1 aliphatic heterocycles. The van der Waals surface area contributed by atoms with Crippen molar-refractivity contribution in [1.29, 1.82) is 0 Å². The number of amides is 2. The van der Waals surface area contributed by atoms with E-state index < -0.39 is 0 Å². The van der Waals surface area contributed by atoms with Crippen molar-refractivity contribution in [3.8, 4) is 11.5 Å². The minimum atomic E-state index is -0.264. The molecule has 5 rings (SSSR count). The summed E-state index contributed by atoms with van der Waals surface area (Å²) in [6, 6.07) is 27.5. The Labute approximate surface area is 230 Å². The van der Waals surface area contributed by atoms with Crippen LogP contribution >= 0.6 is 23.2 Å². The molecule has 38 heavy (non-hydrogen) atoms. The van der Waals surface area contributed by atoms with Crippen LogP contribution in [0.25, 0.3) is 0 Å². The van der Waals surface area contributed by atoms with Crippen LogP contribution in [-0.4, -0.2) is 18.6 Å². The van der Waals surface area contributed by atoms with Gasteiger partial charge in [-0.15, -0.1) is 0 Å². The molecule has 192 valence electrons. The number of hydrogen-bond acceptors (Lipinski definition) is 4. The Morgan fingerprint density at radius 1 is 0.789 bits per heavy atom. The Hall–Kier alpha value is -4.00. The van der Waals surface area contributed by atoms with Crippen molar-refractivity contribution in [2.24, 2.45) is 0 Å². The number of hydrogen-bond donors (Lipinski definition) is 1. The first kappa shape index (κ1) is 25.6. The van der Waals surface area contributed by atoms with Crippen molar-refractivity contribution < 1.29 is 19.1 Å². The van der Waals surface area contributed by atoms with Gasteiger partial charge in [0.05, 0.1) is 23.6 Å². The van der Waals surface area contributed by atoms with Gasteiger partial charge in [0.25, 0.3) is 5.91 Å². The summed E-state index contributed by atoms with van der Waals surface area (Å²) in [4.78, 5) is 28.1. The molecule has 8 heteroatoms. The highest BCUT2D eigenvalue weighted by Crippen LogP contribution is 2.32. The van der Waals surface area contributed by atoms with Gasteiger partial charge in [-0.05, 0) is 59.2 Å². The monoisotopic (exact) mass is 546 g/mol. The van der Waals surface area contributed by atoms with Gasteiger partial charge in [0, 0.05) is 17.3 Å². The second kappa shape index (κ2) is 11.6. The molecular formula is C30H24Cl2N2O4. The van der Waals surface area contributed by atoms with E-state index in [-0.39, 0.29) is 30.1 Å². The van der Waals surface area contributed by atoms with Crippen LogP contribution in [0.15, 0.2) is 91.0 Å². The van der Waals surface area contributed by atoms with E-state index in [1.165, 1.54) is 0 Å². The summed E-state index contributed by atoms with van der Waals surface area (Å²) in [6.45, 7) is 0.900. The number of halogens is 2. The van der Waals surface area contributed by atoms with E-state index in [4.69, 9.17) is 32.7 Å². The summed E-state index contributed by atoms with van der Waals surface area (Å²) in [5.41, 5.74) is 3.65. The first-order valence-corrected chi connectivity index (χ1v) is 12.8. The average Bonchev–Trinajstić information content (AvgIpc) is 3.39. The Balaban J connectivity index is 1.33. The molecule has 0 spiro atoms. The van der Waals surface area contributed by atoms with Crippen molar-refractivity contribution in [3.05, 3.63) is 123 Å². The van der Waals surface area contributed by atoms with Gasteiger partial charge in [0.15, 0.2) is 11.5 Å². The average molecular weight is 547 g/mol. The lowest BCUT2D eigenvalue weighted by Gasteiger charge is -2.24. The van der Waals surface area contributed by atoms with Gasteiger partial charge in [-0.25, -0.2) is 0 Å². The normalized spacial score (nSPS) is 11.7.